The quantitative estimate of drug-likeness (QED) is 0.272. The van der Waals surface area contributed by atoms with Gasteiger partial charge in [-0.3, -0.25) is 9.59 Å². The van der Waals surface area contributed by atoms with E-state index < -0.39 is 5.91 Å². The van der Waals surface area contributed by atoms with Crippen molar-refractivity contribution in [3.05, 3.63) is 35.4 Å². The van der Waals surface area contributed by atoms with E-state index in [0.29, 0.717) is 30.9 Å². The van der Waals surface area contributed by atoms with Gasteiger partial charge in [-0.05, 0) is 23.8 Å². The Hall–Kier alpha value is -2.65. The van der Waals surface area contributed by atoms with Crippen molar-refractivity contribution in [1.82, 2.24) is 5.32 Å². The average Bonchev–Trinajstić information content (AvgIpc) is 2.54. The normalized spacial score (nSPS) is 10.7. The minimum atomic E-state index is -0.457. The molecule has 0 unspecified atom stereocenters. The third-order valence-corrected chi connectivity index (χ3v) is 2.67. The van der Waals surface area contributed by atoms with Crippen molar-refractivity contribution in [3.8, 4) is 11.8 Å². The van der Waals surface area contributed by atoms with E-state index in [0.717, 1.165) is 0 Å². The minimum Gasteiger partial charge on any atom is -0.427 e. The molecule has 0 aromatic heterocycles. The van der Waals surface area contributed by atoms with Crippen LogP contribution in [0.15, 0.2) is 29.8 Å². The summed E-state index contributed by atoms with van der Waals surface area (Å²) in [4.78, 5) is 22.9. The third-order valence-electron chi connectivity index (χ3n) is 2.67. The molecule has 0 fully saturated rings. The van der Waals surface area contributed by atoms with Crippen LogP contribution in [0.3, 0.4) is 0 Å². The second kappa shape index (κ2) is 9.32. The van der Waals surface area contributed by atoms with Gasteiger partial charge in [0, 0.05) is 20.1 Å². The highest BCUT2D eigenvalue weighted by Gasteiger charge is 2.08. The molecule has 1 amide bonds. The van der Waals surface area contributed by atoms with E-state index in [1.165, 1.54) is 13.2 Å². The van der Waals surface area contributed by atoms with E-state index >= 15 is 0 Å². The number of benzene rings is 1. The van der Waals surface area contributed by atoms with E-state index in [1.807, 2.05) is 6.07 Å². The van der Waals surface area contributed by atoms with Crippen molar-refractivity contribution in [3.63, 3.8) is 0 Å². The van der Waals surface area contributed by atoms with Gasteiger partial charge in [-0.1, -0.05) is 19.1 Å². The van der Waals surface area contributed by atoms with Crippen LogP contribution in [0.5, 0.6) is 5.75 Å². The van der Waals surface area contributed by atoms with E-state index in [1.54, 1.807) is 31.2 Å². The van der Waals surface area contributed by atoms with Gasteiger partial charge >= 0.3 is 5.97 Å². The number of amides is 1. The molecule has 1 aromatic carbocycles. The summed E-state index contributed by atoms with van der Waals surface area (Å²) in [5.74, 6) is -0.355. The van der Waals surface area contributed by atoms with E-state index in [4.69, 9.17) is 14.7 Å². The summed E-state index contributed by atoms with van der Waals surface area (Å²) in [6.07, 6.45) is 1.76. The zero-order valence-electron chi connectivity index (χ0n) is 12.6. The lowest BCUT2D eigenvalue weighted by atomic mass is 10.1. The number of nitrogens with zero attached hydrogens (tertiary/aromatic N) is 1. The van der Waals surface area contributed by atoms with Gasteiger partial charge in [0.05, 0.1) is 6.61 Å². The Kier molecular flexibility index (Phi) is 7.37. The maximum atomic E-state index is 11.8. The van der Waals surface area contributed by atoms with Crippen LogP contribution in [0.2, 0.25) is 0 Å². The topological polar surface area (TPSA) is 88.4 Å². The molecule has 0 bridgehead atoms. The van der Waals surface area contributed by atoms with E-state index in [9.17, 15) is 9.59 Å². The first-order valence-electron chi connectivity index (χ1n) is 6.80. The Morgan fingerprint density at radius 3 is 2.55 bits per heavy atom. The van der Waals surface area contributed by atoms with Crippen molar-refractivity contribution in [2.75, 3.05) is 20.3 Å². The highest BCUT2D eigenvalue weighted by atomic mass is 16.5. The number of rotatable bonds is 7. The molecule has 0 saturated heterocycles. The van der Waals surface area contributed by atoms with Gasteiger partial charge in [0.15, 0.2) is 0 Å². The molecule has 1 aromatic rings. The lowest BCUT2D eigenvalue weighted by Crippen LogP contribution is -2.27. The van der Waals surface area contributed by atoms with Gasteiger partial charge in [-0.15, -0.1) is 0 Å². The van der Waals surface area contributed by atoms with Crippen LogP contribution in [0.25, 0.3) is 6.08 Å². The van der Waals surface area contributed by atoms with E-state index in [2.05, 4.69) is 5.32 Å². The van der Waals surface area contributed by atoms with Crippen LogP contribution in [-0.2, 0) is 14.3 Å². The third kappa shape index (κ3) is 5.77. The zero-order chi connectivity index (χ0) is 16.4. The van der Waals surface area contributed by atoms with Gasteiger partial charge in [-0.2, -0.15) is 5.26 Å². The second-order valence-electron chi connectivity index (χ2n) is 4.32. The standard InChI is InChI=1S/C16H18N2O4/c1-3-15(19)22-14-6-4-12(5-7-14)10-13(11-17)16(20)18-8-9-21-2/h4-7,10H,3,8-9H2,1-2H3,(H,18,20)/b13-10+. The summed E-state index contributed by atoms with van der Waals surface area (Å²) >= 11 is 0. The molecule has 0 heterocycles. The minimum absolute atomic E-state index is 0.00518. The SMILES string of the molecule is CCC(=O)Oc1ccc(/C=C(\C#N)C(=O)NCCOC)cc1. The number of hydrogen-bond donors (Lipinski definition) is 1. The number of nitriles is 1. The van der Waals surface area contributed by atoms with Crippen molar-refractivity contribution in [1.29, 1.82) is 5.26 Å². The number of methoxy groups -OCH3 is 1. The smallest absolute Gasteiger partial charge is 0.310 e. The lowest BCUT2D eigenvalue weighted by molar-refractivity contribution is -0.134. The molecule has 116 valence electrons. The molecule has 0 aliphatic heterocycles. The van der Waals surface area contributed by atoms with Crippen LogP contribution < -0.4 is 10.1 Å². The molecule has 0 radical (unpaired) electrons. The number of hydrogen-bond acceptors (Lipinski definition) is 5. The van der Waals surface area contributed by atoms with Crippen molar-refractivity contribution in [2.24, 2.45) is 0 Å². The lowest BCUT2D eigenvalue weighted by Gasteiger charge is -2.04. The molecule has 0 atom stereocenters. The molecule has 0 spiro atoms. The maximum absolute atomic E-state index is 11.8. The molecular formula is C16H18N2O4. The second-order valence-corrected chi connectivity index (χ2v) is 4.32. The monoisotopic (exact) mass is 302 g/mol. The Bertz CT molecular complexity index is 585. The van der Waals surface area contributed by atoms with Gasteiger partial charge in [0.2, 0.25) is 0 Å². The number of esters is 1. The van der Waals surface area contributed by atoms with Crippen molar-refractivity contribution < 1.29 is 19.1 Å². The fourth-order valence-corrected chi connectivity index (χ4v) is 1.51. The van der Waals surface area contributed by atoms with Crippen LogP contribution >= 0.6 is 0 Å². The number of nitrogens with one attached hydrogen (secondary N) is 1. The fourth-order valence-electron chi connectivity index (χ4n) is 1.51. The Labute approximate surface area is 129 Å². The molecule has 6 heteroatoms. The first-order valence-corrected chi connectivity index (χ1v) is 6.80. The summed E-state index contributed by atoms with van der Waals surface area (Å²) in [6.45, 7) is 2.42. The molecule has 1 rings (SSSR count). The first kappa shape index (κ1) is 17.4. The molecule has 0 saturated carbocycles. The predicted molar refractivity (Wildman–Crippen MR) is 80.8 cm³/mol. The van der Waals surface area contributed by atoms with E-state index in [-0.39, 0.29) is 11.5 Å². The Morgan fingerprint density at radius 2 is 2.00 bits per heavy atom. The van der Waals surface area contributed by atoms with Crippen LogP contribution in [0.1, 0.15) is 18.9 Å². The molecule has 1 N–H and O–H groups in total. The first-order chi connectivity index (χ1) is 10.6. The molecule has 0 aliphatic carbocycles. The fraction of sp³-hybridized carbons (Fsp3) is 0.312. The summed E-state index contributed by atoms with van der Waals surface area (Å²) in [6, 6.07) is 8.40. The molecule has 22 heavy (non-hydrogen) atoms. The predicted octanol–water partition coefficient (Wildman–Crippen LogP) is 1.67. The van der Waals surface area contributed by atoms with Gasteiger partial charge in [0.25, 0.3) is 5.91 Å². The molecule has 6 nitrogen and oxygen atoms in total. The van der Waals surface area contributed by atoms with Gasteiger partial charge in [0.1, 0.15) is 17.4 Å². The molecular weight excluding hydrogens is 284 g/mol. The highest BCUT2D eigenvalue weighted by Crippen LogP contribution is 2.15. The van der Waals surface area contributed by atoms with Crippen molar-refractivity contribution >= 4 is 18.0 Å². The number of ether oxygens (including phenoxy) is 2. The average molecular weight is 302 g/mol. The highest BCUT2D eigenvalue weighted by molar-refractivity contribution is 6.01. The Morgan fingerprint density at radius 1 is 1.32 bits per heavy atom. The van der Waals surface area contributed by atoms with Crippen molar-refractivity contribution in [2.45, 2.75) is 13.3 Å². The summed E-state index contributed by atoms with van der Waals surface area (Å²) in [7, 11) is 1.53. The van der Waals surface area contributed by atoms with Crippen LogP contribution in [0.4, 0.5) is 0 Å². The summed E-state index contributed by atoms with van der Waals surface area (Å²) in [5, 5.41) is 11.6. The Balaban J connectivity index is 2.75. The van der Waals surface area contributed by atoms with Gasteiger partial charge < -0.3 is 14.8 Å². The van der Waals surface area contributed by atoms with Crippen LogP contribution in [0, 0.1) is 11.3 Å². The summed E-state index contributed by atoms with van der Waals surface area (Å²) < 4.78 is 9.86. The van der Waals surface area contributed by atoms with Crippen LogP contribution in [-0.4, -0.2) is 32.1 Å². The maximum Gasteiger partial charge on any atom is 0.310 e. The summed E-state index contributed by atoms with van der Waals surface area (Å²) in [5.41, 5.74) is 0.657. The number of carbonyl (C=O) groups excluding carboxylic acids is 2. The van der Waals surface area contributed by atoms with Gasteiger partial charge in [-0.25, -0.2) is 0 Å². The largest absolute Gasteiger partial charge is 0.427 e. The zero-order valence-corrected chi connectivity index (χ0v) is 12.6. The number of carbonyl (C=O) groups is 2. The molecule has 0 aliphatic rings.